The van der Waals surface area contributed by atoms with Crippen LogP contribution in [-0.2, 0) is 23.7 Å². The first-order chi connectivity index (χ1) is 8.16. The maximum atomic E-state index is 10.1. The maximum Gasteiger partial charge on any atom is 0.329 e. The van der Waals surface area contributed by atoms with Gasteiger partial charge in [0.1, 0.15) is 12.8 Å². The molecule has 0 aliphatic carbocycles. The minimum atomic E-state index is -0.988. The molecule has 17 heavy (non-hydrogen) atoms. The van der Waals surface area contributed by atoms with Gasteiger partial charge in [0.15, 0.2) is 0 Å². The molecular weight excluding hydrogens is 230 g/mol. The van der Waals surface area contributed by atoms with E-state index in [4.69, 9.17) is 29.8 Å². The molecule has 0 heterocycles. The SMILES string of the molecule is CCOC(N)COCCOCCOCC(=O)O. The zero-order valence-corrected chi connectivity index (χ0v) is 10.1. The summed E-state index contributed by atoms with van der Waals surface area (Å²) in [4.78, 5) is 10.1. The van der Waals surface area contributed by atoms with Crippen LogP contribution in [0.2, 0.25) is 0 Å². The third-order valence-electron chi connectivity index (χ3n) is 1.63. The van der Waals surface area contributed by atoms with Crippen LogP contribution in [0.4, 0.5) is 0 Å². The van der Waals surface area contributed by atoms with E-state index in [0.717, 1.165) is 0 Å². The summed E-state index contributed by atoms with van der Waals surface area (Å²) >= 11 is 0. The van der Waals surface area contributed by atoms with Crippen molar-refractivity contribution in [3.05, 3.63) is 0 Å². The Morgan fingerprint density at radius 2 is 1.76 bits per heavy atom. The molecule has 1 atom stereocenters. The van der Waals surface area contributed by atoms with Crippen molar-refractivity contribution in [1.29, 1.82) is 0 Å². The Morgan fingerprint density at radius 1 is 1.18 bits per heavy atom. The zero-order chi connectivity index (χ0) is 12.9. The Morgan fingerprint density at radius 3 is 2.35 bits per heavy atom. The van der Waals surface area contributed by atoms with Crippen molar-refractivity contribution < 1.29 is 28.8 Å². The van der Waals surface area contributed by atoms with Gasteiger partial charge < -0.3 is 29.8 Å². The summed E-state index contributed by atoms with van der Waals surface area (Å²) in [5.41, 5.74) is 5.53. The molecule has 0 saturated carbocycles. The van der Waals surface area contributed by atoms with E-state index in [1.807, 2.05) is 6.92 Å². The molecule has 0 amide bonds. The molecule has 0 saturated heterocycles. The van der Waals surface area contributed by atoms with Crippen LogP contribution in [0.15, 0.2) is 0 Å². The summed E-state index contributed by atoms with van der Waals surface area (Å²) in [6.07, 6.45) is -0.404. The van der Waals surface area contributed by atoms with Gasteiger partial charge in [0.25, 0.3) is 0 Å². The fourth-order valence-electron chi connectivity index (χ4n) is 0.959. The second kappa shape index (κ2) is 11.7. The standard InChI is InChI=1S/C10H21NO6/c1-2-17-9(11)7-15-5-3-14-4-6-16-8-10(12)13/h9H,2-8,11H2,1H3,(H,12,13). The molecule has 0 aromatic rings. The fourth-order valence-corrected chi connectivity index (χ4v) is 0.959. The predicted molar refractivity (Wildman–Crippen MR) is 59.7 cm³/mol. The molecule has 7 nitrogen and oxygen atoms in total. The quantitative estimate of drug-likeness (QED) is 0.354. The van der Waals surface area contributed by atoms with Gasteiger partial charge in [-0.1, -0.05) is 0 Å². The lowest BCUT2D eigenvalue weighted by Gasteiger charge is -2.11. The lowest BCUT2D eigenvalue weighted by molar-refractivity contribution is -0.142. The molecule has 7 heteroatoms. The first-order valence-electron chi connectivity index (χ1n) is 5.49. The third kappa shape index (κ3) is 13.2. The third-order valence-corrected chi connectivity index (χ3v) is 1.63. The molecule has 102 valence electrons. The molecule has 0 aliphatic heterocycles. The van der Waals surface area contributed by atoms with Crippen molar-refractivity contribution >= 4 is 5.97 Å². The predicted octanol–water partition coefficient (Wildman–Crippen LogP) is -0.558. The number of rotatable bonds is 12. The second-order valence-electron chi connectivity index (χ2n) is 3.13. The molecular formula is C10H21NO6. The van der Waals surface area contributed by atoms with Crippen molar-refractivity contribution in [2.24, 2.45) is 5.73 Å². The molecule has 0 bridgehead atoms. The monoisotopic (exact) mass is 251 g/mol. The van der Waals surface area contributed by atoms with Gasteiger partial charge in [-0.15, -0.1) is 0 Å². The molecule has 0 rings (SSSR count). The number of nitrogens with two attached hydrogens (primary N) is 1. The summed E-state index contributed by atoms with van der Waals surface area (Å²) in [7, 11) is 0. The number of aliphatic carboxylic acids is 1. The summed E-state index contributed by atoms with van der Waals surface area (Å²) < 4.78 is 20.1. The Hall–Kier alpha value is -0.730. The van der Waals surface area contributed by atoms with Gasteiger partial charge in [-0.25, -0.2) is 4.79 Å². The van der Waals surface area contributed by atoms with E-state index in [1.165, 1.54) is 0 Å². The van der Waals surface area contributed by atoms with Crippen molar-refractivity contribution in [3.63, 3.8) is 0 Å². The fraction of sp³-hybridized carbons (Fsp3) is 0.900. The van der Waals surface area contributed by atoms with Crippen LogP contribution in [-0.4, -0.2) is 63.6 Å². The van der Waals surface area contributed by atoms with Crippen molar-refractivity contribution in [3.8, 4) is 0 Å². The Bertz CT molecular complexity index is 190. The highest BCUT2D eigenvalue weighted by molar-refractivity contribution is 5.67. The van der Waals surface area contributed by atoms with Gasteiger partial charge in [-0.05, 0) is 6.92 Å². The highest BCUT2D eigenvalue weighted by Crippen LogP contribution is 1.86. The van der Waals surface area contributed by atoms with Gasteiger partial charge in [-0.2, -0.15) is 0 Å². The van der Waals surface area contributed by atoms with E-state index in [-0.39, 0.29) is 13.2 Å². The number of carboxylic acid groups (broad SMARTS) is 1. The van der Waals surface area contributed by atoms with E-state index in [1.54, 1.807) is 0 Å². The lowest BCUT2D eigenvalue weighted by Crippen LogP contribution is -2.30. The first-order valence-corrected chi connectivity index (χ1v) is 5.49. The largest absolute Gasteiger partial charge is 0.480 e. The van der Waals surface area contributed by atoms with Crippen molar-refractivity contribution in [2.45, 2.75) is 13.2 Å². The number of hydrogen-bond donors (Lipinski definition) is 2. The Balaban J connectivity index is 3.05. The molecule has 0 aliphatic rings. The number of ether oxygens (including phenoxy) is 4. The normalized spacial score (nSPS) is 12.6. The Kier molecular flexibility index (Phi) is 11.2. The minimum Gasteiger partial charge on any atom is -0.480 e. The second-order valence-corrected chi connectivity index (χ2v) is 3.13. The van der Waals surface area contributed by atoms with Gasteiger partial charge in [0.05, 0.1) is 33.0 Å². The zero-order valence-electron chi connectivity index (χ0n) is 10.1. The molecule has 0 radical (unpaired) electrons. The molecule has 0 aromatic carbocycles. The average molecular weight is 251 g/mol. The van der Waals surface area contributed by atoms with Gasteiger partial charge in [0, 0.05) is 6.61 Å². The van der Waals surface area contributed by atoms with Crippen LogP contribution in [0.25, 0.3) is 0 Å². The topological polar surface area (TPSA) is 100 Å². The summed E-state index contributed by atoms with van der Waals surface area (Å²) in [5.74, 6) is -0.988. The summed E-state index contributed by atoms with van der Waals surface area (Å²) in [6.45, 7) is 3.87. The van der Waals surface area contributed by atoms with Crippen molar-refractivity contribution in [2.75, 3.05) is 46.2 Å². The lowest BCUT2D eigenvalue weighted by atomic mass is 10.6. The number of hydrogen-bond acceptors (Lipinski definition) is 6. The van der Waals surface area contributed by atoms with Crippen LogP contribution < -0.4 is 5.73 Å². The number of carbonyl (C=O) groups is 1. The summed E-state index contributed by atoms with van der Waals surface area (Å²) in [5, 5.41) is 8.27. The Labute approximate surface area is 101 Å². The first kappa shape index (κ1) is 16.3. The van der Waals surface area contributed by atoms with Crippen LogP contribution in [0.3, 0.4) is 0 Å². The molecule has 0 aromatic heterocycles. The smallest absolute Gasteiger partial charge is 0.329 e. The van der Waals surface area contributed by atoms with E-state index < -0.39 is 12.2 Å². The van der Waals surface area contributed by atoms with Crippen LogP contribution >= 0.6 is 0 Å². The van der Waals surface area contributed by atoms with Gasteiger partial charge >= 0.3 is 5.97 Å². The molecule has 1 unspecified atom stereocenters. The molecule has 0 fully saturated rings. The van der Waals surface area contributed by atoms with E-state index in [0.29, 0.717) is 33.0 Å². The summed E-state index contributed by atoms with van der Waals surface area (Å²) in [6, 6.07) is 0. The van der Waals surface area contributed by atoms with E-state index in [2.05, 4.69) is 0 Å². The maximum absolute atomic E-state index is 10.1. The van der Waals surface area contributed by atoms with Crippen LogP contribution in [0.5, 0.6) is 0 Å². The average Bonchev–Trinajstić information content (AvgIpc) is 2.27. The van der Waals surface area contributed by atoms with E-state index in [9.17, 15) is 4.79 Å². The van der Waals surface area contributed by atoms with Gasteiger partial charge in [0.2, 0.25) is 0 Å². The minimum absolute atomic E-state index is 0.255. The molecule has 0 spiro atoms. The van der Waals surface area contributed by atoms with Gasteiger partial charge in [-0.3, -0.25) is 0 Å². The van der Waals surface area contributed by atoms with Crippen LogP contribution in [0.1, 0.15) is 6.92 Å². The number of carboxylic acids is 1. The van der Waals surface area contributed by atoms with Crippen molar-refractivity contribution in [1.82, 2.24) is 0 Å². The van der Waals surface area contributed by atoms with Crippen LogP contribution in [0, 0.1) is 0 Å². The van der Waals surface area contributed by atoms with E-state index >= 15 is 0 Å². The molecule has 3 N–H and O–H groups in total. The highest BCUT2D eigenvalue weighted by Gasteiger charge is 2.00. The highest BCUT2D eigenvalue weighted by atomic mass is 16.6.